The third-order valence-electron chi connectivity index (χ3n) is 2.14. The third-order valence-corrected chi connectivity index (χ3v) is 2.72. The first kappa shape index (κ1) is 15.1. The Hall–Kier alpha value is -0.940. The van der Waals surface area contributed by atoms with Gasteiger partial charge in [0.2, 0.25) is 0 Å². The van der Waals surface area contributed by atoms with Crippen LogP contribution in [-0.4, -0.2) is 17.6 Å². The Morgan fingerprint density at radius 1 is 1.50 bits per heavy atom. The van der Waals surface area contributed by atoms with Gasteiger partial charge in [-0.3, -0.25) is 9.78 Å². The second-order valence-corrected chi connectivity index (χ2v) is 4.04. The van der Waals surface area contributed by atoms with Crippen LogP contribution in [0.5, 0.6) is 0 Å². The molecule has 1 rings (SSSR count). The molecule has 1 aromatic heterocycles. The van der Waals surface area contributed by atoms with Crippen LogP contribution in [-0.2, 0) is 21.8 Å². The maximum atomic E-state index is 12.7. The van der Waals surface area contributed by atoms with E-state index in [1.807, 2.05) is 0 Å². The number of esters is 1. The van der Waals surface area contributed by atoms with Crippen LogP contribution in [0.4, 0.5) is 8.78 Å². The number of hydrogen-bond donors (Lipinski definition) is 0. The molecule has 100 valence electrons. The van der Waals surface area contributed by atoms with E-state index < -0.39 is 12.4 Å². The number of rotatable bonds is 5. The monoisotopic (exact) mass is 297 g/mol. The van der Waals surface area contributed by atoms with E-state index in [9.17, 15) is 13.6 Å². The maximum absolute atomic E-state index is 12.7. The van der Waals surface area contributed by atoms with Gasteiger partial charge >= 0.3 is 5.97 Å². The van der Waals surface area contributed by atoms with Gasteiger partial charge < -0.3 is 4.74 Å². The molecule has 0 N–H and O–H groups in total. The SMILES string of the molecule is CCOC(=O)Cc1nc(CCl)c(C(F)F)cc1Cl. The van der Waals surface area contributed by atoms with Gasteiger partial charge in [0.15, 0.2) is 0 Å². The molecule has 0 spiro atoms. The Kier molecular flexibility index (Phi) is 5.75. The molecule has 0 fully saturated rings. The van der Waals surface area contributed by atoms with Crippen molar-refractivity contribution in [3.63, 3.8) is 0 Å². The summed E-state index contributed by atoms with van der Waals surface area (Å²) in [6.07, 6.45) is -2.87. The van der Waals surface area contributed by atoms with Crippen LogP contribution in [0.15, 0.2) is 6.07 Å². The normalized spacial score (nSPS) is 10.8. The van der Waals surface area contributed by atoms with E-state index in [1.54, 1.807) is 6.92 Å². The van der Waals surface area contributed by atoms with Crippen molar-refractivity contribution in [2.45, 2.75) is 25.7 Å². The zero-order chi connectivity index (χ0) is 13.7. The highest BCUT2D eigenvalue weighted by atomic mass is 35.5. The van der Waals surface area contributed by atoms with E-state index in [4.69, 9.17) is 27.9 Å². The molecule has 0 aliphatic carbocycles. The average Bonchev–Trinajstić information content (AvgIpc) is 2.31. The Bertz CT molecular complexity index is 441. The van der Waals surface area contributed by atoms with E-state index in [0.717, 1.165) is 6.07 Å². The summed E-state index contributed by atoms with van der Waals surface area (Å²) < 4.78 is 30.1. The van der Waals surface area contributed by atoms with Crippen LogP contribution in [0.3, 0.4) is 0 Å². The fourth-order valence-corrected chi connectivity index (χ4v) is 1.79. The number of ether oxygens (including phenoxy) is 1. The van der Waals surface area contributed by atoms with E-state index in [0.29, 0.717) is 0 Å². The van der Waals surface area contributed by atoms with Crippen molar-refractivity contribution in [3.8, 4) is 0 Å². The predicted octanol–water partition coefficient (Wildman–Crippen LogP) is 3.52. The lowest BCUT2D eigenvalue weighted by molar-refractivity contribution is -0.142. The largest absolute Gasteiger partial charge is 0.466 e. The second kappa shape index (κ2) is 6.85. The molecule has 0 unspecified atom stereocenters. The predicted molar refractivity (Wildman–Crippen MR) is 64.1 cm³/mol. The van der Waals surface area contributed by atoms with Gasteiger partial charge in [-0.15, -0.1) is 11.6 Å². The standard InChI is InChI=1S/C11H11Cl2F2NO2/c1-2-18-10(17)4-8-7(13)3-6(11(14)15)9(5-12)16-8/h3,11H,2,4-5H2,1H3. The smallest absolute Gasteiger partial charge is 0.311 e. The van der Waals surface area contributed by atoms with Gasteiger partial charge in [-0.2, -0.15) is 0 Å². The molecule has 18 heavy (non-hydrogen) atoms. The molecule has 0 aliphatic rings. The summed E-state index contributed by atoms with van der Waals surface area (Å²) in [6.45, 7) is 1.89. The molecule has 0 amide bonds. The summed E-state index contributed by atoms with van der Waals surface area (Å²) in [6, 6.07) is 1.09. The summed E-state index contributed by atoms with van der Waals surface area (Å²) in [4.78, 5) is 15.2. The van der Waals surface area contributed by atoms with E-state index in [1.165, 1.54) is 0 Å². The number of halogens is 4. The zero-order valence-electron chi connectivity index (χ0n) is 9.55. The number of pyridine rings is 1. The van der Waals surface area contributed by atoms with Gasteiger partial charge in [-0.25, -0.2) is 8.78 Å². The number of hydrogen-bond acceptors (Lipinski definition) is 3. The lowest BCUT2D eigenvalue weighted by Crippen LogP contribution is -2.11. The Morgan fingerprint density at radius 3 is 2.67 bits per heavy atom. The summed E-state index contributed by atoms with van der Waals surface area (Å²) in [5, 5.41) is 0.00668. The van der Waals surface area contributed by atoms with Crippen molar-refractivity contribution in [2.24, 2.45) is 0 Å². The highest BCUT2D eigenvalue weighted by Crippen LogP contribution is 2.28. The Balaban J connectivity index is 3.04. The van der Waals surface area contributed by atoms with Gasteiger partial charge in [0.05, 0.1) is 35.3 Å². The first-order chi connectivity index (χ1) is 8.49. The van der Waals surface area contributed by atoms with Gasteiger partial charge in [-0.1, -0.05) is 11.6 Å². The topological polar surface area (TPSA) is 39.2 Å². The van der Waals surface area contributed by atoms with Gasteiger partial charge in [0.1, 0.15) is 0 Å². The highest BCUT2D eigenvalue weighted by Gasteiger charge is 2.18. The first-order valence-corrected chi connectivity index (χ1v) is 6.08. The molecule has 0 radical (unpaired) electrons. The second-order valence-electron chi connectivity index (χ2n) is 3.37. The summed E-state index contributed by atoms with van der Waals surface area (Å²) >= 11 is 11.3. The number of carbonyl (C=O) groups is 1. The summed E-state index contributed by atoms with van der Waals surface area (Å²) in [7, 11) is 0. The van der Waals surface area contributed by atoms with Crippen LogP contribution < -0.4 is 0 Å². The lowest BCUT2D eigenvalue weighted by Gasteiger charge is -2.10. The molecule has 0 saturated carbocycles. The van der Waals surface area contributed by atoms with Gasteiger partial charge in [0.25, 0.3) is 6.43 Å². The molecule has 0 atom stereocenters. The minimum Gasteiger partial charge on any atom is -0.466 e. The molecule has 0 aliphatic heterocycles. The van der Waals surface area contributed by atoms with Crippen molar-refractivity contribution in [1.82, 2.24) is 4.98 Å². The molecule has 7 heteroatoms. The van der Waals surface area contributed by atoms with E-state index in [2.05, 4.69) is 4.98 Å². The molecule has 0 aromatic carbocycles. The molecular formula is C11H11Cl2F2NO2. The molecule has 1 heterocycles. The number of nitrogens with zero attached hydrogens (tertiary/aromatic N) is 1. The van der Waals surface area contributed by atoms with E-state index in [-0.39, 0.29) is 40.9 Å². The van der Waals surface area contributed by atoms with Crippen LogP contribution in [0.2, 0.25) is 5.02 Å². The maximum Gasteiger partial charge on any atom is 0.311 e. The van der Waals surface area contributed by atoms with Gasteiger partial charge in [0, 0.05) is 5.56 Å². The highest BCUT2D eigenvalue weighted by molar-refractivity contribution is 6.31. The Labute approximate surface area is 113 Å². The quantitative estimate of drug-likeness (QED) is 0.617. The van der Waals surface area contributed by atoms with Crippen molar-refractivity contribution < 1.29 is 18.3 Å². The molecule has 0 bridgehead atoms. The van der Waals surface area contributed by atoms with Crippen LogP contribution in [0.25, 0.3) is 0 Å². The number of carbonyl (C=O) groups excluding carboxylic acids is 1. The number of alkyl halides is 3. The molecule has 0 saturated heterocycles. The zero-order valence-corrected chi connectivity index (χ0v) is 11.1. The molecular weight excluding hydrogens is 287 g/mol. The lowest BCUT2D eigenvalue weighted by atomic mass is 10.1. The first-order valence-electron chi connectivity index (χ1n) is 5.17. The fourth-order valence-electron chi connectivity index (χ4n) is 1.35. The average molecular weight is 298 g/mol. The summed E-state index contributed by atoms with van der Waals surface area (Å²) in [5.74, 6) is -0.690. The van der Waals surface area contributed by atoms with Crippen LogP contribution >= 0.6 is 23.2 Å². The molecule has 1 aromatic rings. The van der Waals surface area contributed by atoms with Crippen LogP contribution in [0.1, 0.15) is 30.3 Å². The van der Waals surface area contributed by atoms with Crippen LogP contribution in [0, 0.1) is 0 Å². The number of aromatic nitrogens is 1. The third kappa shape index (κ3) is 3.78. The minimum atomic E-state index is -2.71. The van der Waals surface area contributed by atoms with E-state index >= 15 is 0 Å². The van der Waals surface area contributed by atoms with Gasteiger partial charge in [-0.05, 0) is 13.0 Å². The fraction of sp³-hybridized carbons (Fsp3) is 0.455. The molecule has 3 nitrogen and oxygen atoms in total. The van der Waals surface area contributed by atoms with Crippen molar-refractivity contribution in [1.29, 1.82) is 0 Å². The Morgan fingerprint density at radius 2 is 2.17 bits per heavy atom. The van der Waals surface area contributed by atoms with Crippen molar-refractivity contribution in [3.05, 3.63) is 28.0 Å². The van der Waals surface area contributed by atoms with Crippen molar-refractivity contribution in [2.75, 3.05) is 6.61 Å². The summed E-state index contributed by atoms with van der Waals surface area (Å²) in [5.41, 5.74) is -0.104. The van der Waals surface area contributed by atoms with Crippen molar-refractivity contribution >= 4 is 29.2 Å². The minimum absolute atomic E-state index is 0.00668.